The van der Waals surface area contributed by atoms with E-state index in [0.717, 1.165) is 34.5 Å². The van der Waals surface area contributed by atoms with Gasteiger partial charge >= 0.3 is 0 Å². The Morgan fingerprint density at radius 3 is 2.03 bits per heavy atom. The van der Waals surface area contributed by atoms with Gasteiger partial charge in [-0.2, -0.15) is 5.26 Å². The van der Waals surface area contributed by atoms with Gasteiger partial charge in [-0.25, -0.2) is 15.0 Å². The quantitative estimate of drug-likeness (QED) is 0.403. The van der Waals surface area contributed by atoms with Crippen molar-refractivity contribution in [1.82, 2.24) is 15.0 Å². The molecule has 4 nitrogen and oxygen atoms in total. The fourth-order valence-electron chi connectivity index (χ4n) is 3.22. The highest BCUT2D eigenvalue weighted by atomic mass is 15.0. The third-order valence-electron chi connectivity index (χ3n) is 5.21. The van der Waals surface area contributed by atoms with Crippen molar-refractivity contribution in [2.45, 2.75) is 26.2 Å². The average Bonchev–Trinajstić information content (AvgIpc) is 2.84. The molecule has 4 aromatic rings. The first-order valence-electron chi connectivity index (χ1n) is 10.1. The fourth-order valence-corrected chi connectivity index (χ4v) is 3.22. The molecule has 0 saturated heterocycles. The molecule has 0 aliphatic carbocycles. The van der Waals surface area contributed by atoms with Gasteiger partial charge in [-0.15, -0.1) is 0 Å². The van der Waals surface area contributed by atoms with Crippen LogP contribution in [0.3, 0.4) is 0 Å². The topological polar surface area (TPSA) is 62.5 Å². The summed E-state index contributed by atoms with van der Waals surface area (Å²) in [5.41, 5.74) is 4.69. The molecule has 0 amide bonds. The molecule has 0 spiro atoms. The van der Waals surface area contributed by atoms with Crippen LogP contribution in [0.1, 0.15) is 37.6 Å². The van der Waals surface area contributed by atoms with Crippen LogP contribution in [-0.4, -0.2) is 15.0 Å². The molecule has 0 fully saturated rings. The summed E-state index contributed by atoms with van der Waals surface area (Å²) in [6, 6.07) is 27.9. The van der Waals surface area contributed by atoms with Crippen LogP contribution in [0.2, 0.25) is 0 Å². The molecule has 1 heterocycles. The highest BCUT2D eigenvalue weighted by Crippen LogP contribution is 2.27. The lowest BCUT2D eigenvalue weighted by Crippen LogP contribution is -2.06. The second-order valence-corrected chi connectivity index (χ2v) is 7.29. The fraction of sp³-hybridized carbons (Fsp3) is 0.154. The Bertz CT molecular complexity index is 1190. The van der Waals surface area contributed by atoms with Gasteiger partial charge in [0, 0.05) is 17.0 Å². The molecule has 0 aliphatic rings. The maximum Gasteiger partial charge on any atom is 0.163 e. The summed E-state index contributed by atoms with van der Waals surface area (Å²) >= 11 is 0. The van der Waals surface area contributed by atoms with Crippen molar-refractivity contribution in [3.05, 3.63) is 90.3 Å². The number of nitriles is 1. The van der Waals surface area contributed by atoms with Crippen LogP contribution in [0, 0.1) is 11.3 Å². The minimum absolute atomic E-state index is 0.246. The van der Waals surface area contributed by atoms with E-state index in [2.05, 4.69) is 32.0 Å². The summed E-state index contributed by atoms with van der Waals surface area (Å²) in [5, 5.41) is 9.03. The normalized spacial score (nSPS) is 11.6. The van der Waals surface area contributed by atoms with Crippen molar-refractivity contribution < 1.29 is 0 Å². The second kappa shape index (κ2) is 8.67. The summed E-state index contributed by atoms with van der Waals surface area (Å²) in [5.74, 6) is 2.43. The van der Waals surface area contributed by atoms with Crippen molar-refractivity contribution in [2.75, 3.05) is 0 Å². The second-order valence-electron chi connectivity index (χ2n) is 7.29. The van der Waals surface area contributed by atoms with Crippen LogP contribution in [0.4, 0.5) is 0 Å². The predicted octanol–water partition coefficient (Wildman–Crippen LogP) is 6.26. The van der Waals surface area contributed by atoms with E-state index in [-0.39, 0.29) is 5.92 Å². The molecule has 0 saturated carbocycles. The van der Waals surface area contributed by atoms with Gasteiger partial charge in [0.1, 0.15) is 5.82 Å². The number of hydrogen-bond acceptors (Lipinski definition) is 4. The van der Waals surface area contributed by atoms with Gasteiger partial charge in [0.2, 0.25) is 0 Å². The van der Waals surface area contributed by atoms with Crippen molar-refractivity contribution in [1.29, 1.82) is 5.26 Å². The van der Waals surface area contributed by atoms with Crippen molar-refractivity contribution in [3.63, 3.8) is 0 Å². The molecular formula is C26H22N4. The first-order chi connectivity index (χ1) is 14.7. The highest BCUT2D eigenvalue weighted by Gasteiger charge is 2.14. The van der Waals surface area contributed by atoms with Crippen LogP contribution in [0.15, 0.2) is 78.9 Å². The molecule has 0 N–H and O–H groups in total. The van der Waals surface area contributed by atoms with Crippen LogP contribution in [0.25, 0.3) is 33.9 Å². The van der Waals surface area contributed by atoms with Gasteiger partial charge in [0.15, 0.2) is 11.6 Å². The van der Waals surface area contributed by atoms with Crippen molar-refractivity contribution in [2.24, 2.45) is 0 Å². The van der Waals surface area contributed by atoms with Crippen LogP contribution in [-0.2, 0) is 0 Å². The van der Waals surface area contributed by atoms with Crippen LogP contribution >= 0.6 is 0 Å². The molecule has 0 radical (unpaired) electrons. The SMILES string of the molecule is CCC(C)c1nc(-c2ccccc2)nc(-c2cccc(-c3ccc(C#N)cc3)c2)n1. The Balaban J connectivity index is 1.80. The van der Waals surface area contributed by atoms with Gasteiger partial charge in [-0.3, -0.25) is 0 Å². The van der Waals surface area contributed by atoms with Crippen LogP contribution < -0.4 is 0 Å². The maximum absolute atomic E-state index is 9.03. The van der Waals surface area contributed by atoms with E-state index in [1.807, 2.05) is 66.7 Å². The molecule has 146 valence electrons. The summed E-state index contributed by atoms with van der Waals surface area (Å²) in [6.45, 7) is 4.28. The third-order valence-corrected chi connectivity index (χ3v) is 5.21. The third kappa shape index (κ3) is 4.11. The number of rotatable bonds is 5. The van der Waals surface area contributed by atoms with E-state index in [1.165, 1.54) is 0 Å². The molecule has 4 heteroatoms. The molecule has 1 unspecified atom stereocenters. The van der Waals surface area contributed by atoms with E-state index in [0.29, 0.717) is 17.2 Å². The summed E-state index contributed by atoms with van der Waals surface area (Å²) in [7, 11) is 0. The largest absolute Gasteiger partial charge is 0.213 e. The lowest BCUT2D eigenvalue weighted by molar-refractivity contribution is 0.675. The Labute approximate surface area is 176 Å². The van der Waals surface area contributed by atoms with Crippen LogP contribution in [0.5, 0.6) is 0 Å². The van der Waals surface area contributed by atoms with Gasteiger partial charge in [0.25, 0.3) is 0 Å². The summed E-state index contributed by atoms with van der Waals surface area (Å²) < 4.78 is 0. The monoisotopic (exact) mass is 390 g/mol. The number of benzene rings is 3. The van der Waals surface area contributed by atoms with E-state index in [9.17, 15) is 0 Å². The standard InChI is InChI=1S/C26H22N4/c1-3-18(2)24-28-25(21-8-5-4-6-9-21)30-26(29-24)23-11-7-10-22(16-23)20-14-12-19(17-27)13-15-20/h4-16,18H,3H2,1-2H3. The summed E-state index contributed by atoms with van der Waals surface area (Å²) in [6.07, 6.45) is 0.961. The van der Waals surface area contributed by atoms with E-state index >= 15 is 0 Å². The molecule has 30 heavy (non-hydrogen) atoms. The van der Waals surface area contributed by atoms with Crippen molar-refractivity contribution >= 4 is 0 Å². The number of nitrogens with zero attached hydrogens (tertiary/aromatic N) is 4. The summed E-state index contributed by atoms with van der Waals surface area (Å²) in [4.78, 5) is 14.3. The lowest BCUT2D eigenvalue weighted by Gasteiger charge is -2.12. The molecule has 3 aromatic carbocycles. The first kappa shape index (κ1) is 19.5. The smallest absolute Gasteiger partial charge is 0.163 e. The minimum atomic E-state index is 0.246. The minimum Gasteiger partial charge on any atom is -0.213 e. The first-order valence-corrected chi connectivity index (χ1v) is 10.1. The molecule has 1 atom stereocenters. The van der Waals surface area contributed by atoms with Gasteiger partial charge in [-0.1, -0.05) is 74.5 Å². The van der Waals surface area contributed by atoms with Gasteiger partial charge in [0.05, 0.1) is 11.6 Å². The Kier molecular flexibility index (Phi) is 5.63. The molecular weight excluding hydrogens is 368 g/mol. The highest BCUT2D eigenvalue weighted by molar-refractivity contribution is 5.71. The molecule has 0 aliphatic heterocycles. The Morgan fingerprint density at radius 2 is 1.37 bits per heavy atom. The zero-order valence-corrected chi connectivity index (χ0v) is 17.1. The Hall–Kier alpha value is -3.84. The van der Waals surface area contributed by atoms with Gasteiger partial charge < -0.3 is 0 Å². The zero-order chi connectivity index (χ0) is 20.9. The molecule has 4 rings (SSSR count). The molecule has 1 aromatic heterocycles. The maximum atomic E-state index is 9.03. The Morgan fingerprint density at radius 1 is 0.733 bits per heavy atom. The average molecular weight is 390 g/mol. The van der Waals surface area contributed by atoms with Gasteiger partial charge in [-0.05, 0) is 35.7 Å². The van der Waals surface area contributed by atoms with E-state index in [1.54, 1.807) is 0 Å². The van der Waals surface area contributed by atoms with E-state index in [4.69, 9.17) is 20.2 Å². The predicted molar refractivity (Wildman–Crippen MR) is 120 cm³/mol. The number of aromatic nitrogens is 3. The van der Waals surface area contributed by atoms with E-state index < -0.39 is 0 Å². The zero-order valence-electron chi connectivity index (χ0n) is 17.1. The molecule has 0 bridgehead atoms. The van der Waals surface area contributed by atoms with Crippen molar-refractivity contribution in [3.8, 4) is 40.0 Å². The lowest BCUT2D eigenvalue weighted by atomic mass is 10.0. The number of hydrogen-bond donors (Lipinski definition) is 0.